The Morgan fingerprint density at radius 2 is 1.81 bits per heavy atom. The average Bonchev–Trinajstić information content (AvgIpc) is 2.72. The number of methoxy groups -OCH3 is 2. The summed E-state index contributed by atoms with van der Waals surface area (Å²) in [7, 11) is 3.17. The molecule has 1 aliphatic rings. The molecule has 1 heterocycles. The molecular formula is C20H22N2O4S. The van der Waals surface area contributed by atoms with E-state index < -0.39 is 12.1 Å². The Balaban J connectivity index is 1.68. The highest BCUT2D eigenvalue weighted by Gasteiger charge is 2.28. The van der Waals surface area contributed by atoms with Crippen molar-refractivity contribution in [3.8, 4) is 11.5 Å². The van der Waals surface area contributed by atoms with Crippen LogP contribution in [0.4, 0.5) is 0 Å². The predicted octanol–water partition coefficient (Wildman–Crippen LogP) is 2.61. The molecule has 0 bridgehead atoms. The molecule has 27 heavy (non-hydrogen) atoms. The maximum atomic E-state index is 12.6. The summed E-state index contributed by atoms with van der Waals surface area (Å²) in [4.78, 5) is 26.1. The van der Waals surface area contributed by atoms with Crippen LogP contribution in [0.3, 0.4) is 0 Å². The molecule has 0 radical (unpaired) electrons. The number of rotatable bonds is 6. The SMILES string of the molecule is COc1cc2c(cc1OC)SNC(C(=O)N[C@@H](C)C(=O)c1ccccc1)C2. The van der Waals surface area contributed by atoms with Gasteiger partial charge in [0.25, 0.3) is 0 Å². The maximum Gasteiger partial charge on any atom is 0.238 e. The number of nitrogens with one attached hydrogen (secondary N) is 2. The van der Waals surface area contributed by atoms with Crippen LogP contribution in [0.5, 0.6) is 11.5 Å². The molecule has 0 saturated carbocycles. The predicted molar refractivity (Wildman–Crippen MR) is 104 cm³/mol. The van der Waals surface area contributed by atoms with Gasteiger partial charge in [0.1, 0.15) is 6.04 Å². The number of Topliss-reactive ketones (excluding diaryl/α,β-unsaturated/α-hetero) is 1. The summed E-state index contributed by atoms with van der Waals surface area (Å²) in [5.74, 6) is 0.958. The normalized spacial score (nSPS) is 16.8. The molecule has 1 aliphatic heterocycles. The molecule has 1 unspecified atom stereocenters. The number of carbonyl (C=O) groups excluding carboxylic acids is 2. The Hall–Kier alpha value is -2.51. The van der Waals surface area contributed by atoms with Gasteiger partial charge in [0.15, 0.2) is 17.3 Å². The quantitative estimate of drug-likeness (QED) is 0.587. The highest BCUT2D eigenvalue weighted by atomic mass is 32.2. The van der Waals surface area contributed by atoms with Crippen LogP contribution in [0.25, 0.3) is 0 Å². The largest absolute Gasteiger partial charge is 0.493 e. The number of fused-ring (bicyclic) bond motifs is 1. The van der Waals surface area contributed by atoms with Crippen LogP contribution in [-0.4, -0.2) is 38.0 Å². The van der Waals surface area contributed by atoms with Crippen LogP contribution >= 0.6 is 11.9 Å². The first-order chi connectivity index (χ1) is 13.0. The molecule has 1 amide bonds. The third kappa shape index (κ3) is 4.26. The monoisotopic (exact) mass is 386 g/mol. The zero-order chi connectivity index (χ0) is 19.4. The Labute approximate surface area is 162 Å². The van der Waals surface area contributed by atoms with Crippen LogP contribution < -0.4 is 19.5 Å². The van der Waals surface area contributed by atoms with Gasteiger partial charge in [-0.3, -0.25) is 9.59 Å². The van der Waals surface area contributed by atoms with E-state index >= 15 is 0 Å². The lowest BCUT2D eigenvalue weighted by Gasteiger charge is -2.26. The number of ether oxygens (including phenoxy) is 2. The van der Waals surface area contributed by atoms with Gasteiger partial charge in [0.2, 0.25) is 5.91 Å². The summed E-state index contributed by atoms with van der Waals surface area (Å²) in [6.07, 6.45) is 0.501. The second-order valence-electron chi connectivity index (χ2n) is 6.25. The number of hydrogen-bond acceptors (Lipinski definition) is 6. The number of hydrogen-bond donors (Lipinski definition) is 2. The summed E-state index contributed by atoms with van der Waals surface area (Å²) in [5.41, 5.74) is 1.58. The second kappa shape index (κ2) is 8.45. The van der Waals surface area contributed by atoms with E-state index in [0.717, 1.165) is 10.5 Å². The average molecular weight is 386 g/mol. The standard InChI is InChI=1S/C20H22N2O4S/c1-12(19(23)13-7-5-4-6-8-13)21-20(24)15-9-14-10-16(25-2)17(26-3)11-18(14)27-22-15/h4-8,10-12,15,22H,9H2,1-3H3,(H,21,24)/t12-,15?/m0/s1. The van der Waals surface area contributed by atoms with E-state index in [1.54, 1.807) is 45.4 Å². The Bertz CT molecular complexity index is 841. The third-order valence-corrected chi connectivity index (χ3v) is 5.43. The zero-order valence-electron chi connectivity index (χ0n) is 15.4. The van der Waals surface area contributed by atoms with E-state index in [4.69, 9.17) is 9.47 Å². The van der Waals surface area contributed by atoms with E-state index in [-0.39, 0.29) is 11.7 Å². The van der Waals surface area contributed by atoms with Gasteiger partial charge >= 0.3 is 0 Å². The van der Waals surface area contributed by atoms with Crippen LogP contribution in [0.2, 0.25) is 0 Å². The topological polar surface area (TPSA) is 76.7 Å². The third-order valence-electron chi connectivity index (χ3n) is 4.43. The van der Waals surface area contributed by atoms with E-state index in [9.17, 15) is 9.59 Å². The van der Waals surface area contributed by atoms with Crippen molar-refractivity contribution in [3.05, 3.63) is 53.6 Å². The fourth-order valence-corrected chi connectivity index (χ4v) is 3.83. The van der Waals surface area contributed by atoms with Crippen molar-refractivity contribution in [3.63, 3.8) is 0 Å². The first-order valence-electron chi connectivity index (χ1n) is 8.60. The molecule has 142 valence electrons. The zero-order valence-corrected chi connectivity index (χ0v) is 16.3. The summed E-state index contributed by atoms with van der Waals surface area (Å²) >= 11 is 1.37. The molecule has 7 heteroatoms. The van der Waals surface area contributed by atoms with Crippen molar-refractivity contribution in [2.75, 3.05) is 14.2 Å². The fraction of sp³-hybridized carbons (Fsp3) is 0.300. The van der Waals surface area contributed by atoms with E-state index in [1.807, 2.05) is 18.2 Å². The van der Waals surface area contributed by atoms with E-state index in [2.05, 4.69) is 10.0 Å². The molecule has 6 nitrogen and oxygen atoms in total. The van der Waals surface area contributed by atoms with Gasteiger partial charge in [-0.15, -0.1) is 0 Å². The summed E-state index contributed by atoms with van der Waals surface area (Å²) in [6, 6.07) is 11.7. The molecule has 2 N–H and O–H groups in total. The van der Waals surface area contributed by atoms with Gasteiger partial charge in [-0.05, 0) is 43.0 Å². The van der Waals surface area contributed by atoms with Crippen LogP contribution in [0.15, 0.2) is 47.4 Å². The number of amides is 1. The van der Waals surface area contributed by atoms with Crippen LogP contribution in [0.1, 0.15) is 22.8 Å². The molecule has 0 aromatic heterocycles. The molecule has 0 spiro atoms. The molecule has 2 aromatic carbocycles. The number of ketones is 1. The van der Waals surface area contributed by atoms with Crippen LogP contribution in [-0.2, 0) is 11.2 Å². The minimum atomic E-state index is -0.599. The lowest BCUT2D eigenvalue weighted by molar-refractivity contribution is -0.123. The smallest absolute Gasteiger partial charge is 0.238 e. The minimum Gasteiger partial charge on any atom is -0.493 e. The lowest BCUT2D eigenvalue weighted by Crippen LogP contribution is -2.49. The van der Waals surface area contributed by atoms with Gasteiger partial charge in [-0.1, -0.05) is 30.3 Å². The minimum absolute atomic E-state index is 0.112. The molecule has 3 rings (SSSR count). The summed E-state index contributed by atoms with van der Waals surface area (Å²) in [6.45, 7) is 1.70. The first-order valence-corrected chi connectivity index (χ1v) is 9.42. The Kier molecular flexibility index (Phi) is 6.03. The highest BCUT2D eigenvalue weighted by molar-refractivity contribution is 7.97. The van der Waals surface area contributed by atoms with Gasteiger partial charge in [0, 0.05) is 10.5 Å². The lowest BCUT2D eigenvalue weighted by atomic mass is 10.0. The van der Waals surface area contributed by atoms with E-state index in [0.29, 0.717) is 23.5 Å². The Morgan fingerprint density at radius 1 is 1.15 bits per heavy atom. The van der Waals surface area contributed by atoms with Crippen molar-refractivity contribution >= 4 is 23.6 Å². The van der Waals surface area contributed by atoms with Crippen LogP contribution in [0, 0.1) is 0 Å². The molecule has 2 aromatic rings. The van der Waals surface area contributed by atoms with Crippen molar-refractivity contribution in [1.82, 2.24) is 10.0 Å². The second-order valence-corrected chi connectivity index (χ2v) is 7.13. The van der Waals surface area contributed by atoms with Gasteiger partial charge < -0.3 is 14.8 Å². The van der Waals surface area contributed by atoms with Gasteiger partial charge in [0.05, 0.1) is 20.3 Å². The summed E-state index contributed by atoms with van der Waals surface area (Å²) < 4.78 is 13.8. The van der Waals surface area contributed by atoms with E-state index in [1.165, 1.54) is 11.9 Å². The number of carbonyl (C=O) groups is 2. The molecule has 0 aliphatic carbocycles. The van der Waals surface area contributed by atoms with Crippen molar-refractivity contribution in [2.45, 2.75) is 30.3 Å². The molecule has 2 atom stereocenters. The van der Waals surface area contributed by atoms with Gasteiger partial charge in [-0.2, -0.15) is 0 Å². The first kappa shape index (κ1) is 19.3. The Morgan fingerprint density at radius 3 is 2.48 bits per heavy atom. The summed E-state index contributed by atoms with van der Waals surface area (Å²) in [5, 5.41) is 2.81. The molecule has 0 saturated heterocycles. The highest BCUT2D eigenvalue weighted by Crippen LogP contribution is 2.37. The fourth-order valence-electron chi connectivity index (χ4n) is 2.93. The molecule has 0 fully saturated rings. The van der Waals surface area contributed by atoms with Crippen molar-refractivity contribution < 1.29 is 19.1 Å². The molecular weight excluding hydrogens is 364 g/mol. The van der Waals surface area contributed by atoms with Crippen molar-refractivity contribution in [2.24, 2.45) is 0 Å². The number of benzene rings is 2. The maximum absolute atomic E-state index is 12.6. The van der Waals surface area contributed by atoms with Crippen molar-refractivity contribution in [1.29, 1.82) is 0 Å². The van der Waals surface area contributed by atoms with Gasteiger partial charge in [-0.25, -0.2) is 4.72 Å².